The molecule has 1 aliphatic heterocycles. The van der Waals surface area contributed by atoms with Crippen LogP contribution in [0.3, 0.4) is 0 Å². The van der Waals surface area contributed by atoms with Crippen molar-refractivity contribution in [2.45, 2.75) is 38.6 Å². The SMILES string of the molecule is COc1cc(C=NNC(=O)c2c(CN3CCOCC3)nnn2-c2nonc2N)ccc1OC(=O)C1C2CC3CC(C2)CC1C3. The van der Waals surface area contributed by atoms with Crippen LogP contribution in [0.15, 0.2) is 27.9 Å². The second kappa shape index (κ2) is 12.0. The van der Waals surface area contributed by atoms with Crippen molar-refractivity contribution in [1.29, 1.82) is 0 Å². The number of nitrogens with zero attached hydrogens (tertiary/aromatic N) is 7. The van der Waals surface area contributed by atoms with Gasteiger partial charge in [0.25, 0.3) is 5.91 Å². The minimum Gasteiger partial charge on any atom is -0.493 e. The van der Waals surface area contributed by atoms with E-state index in [9.17, 15) is 9.59 Å². The third-order valence-corrected chi connectivity index (χ3v) is 9.41. The molecule has 0 atom stereocenters. The molecule has 3 heterocycles. The van der Waals surface area contributed by atoms with E-state index in [1.165, 1.54) is 24.4 Å². The third-order valence-electron chi connectivity index (χ3n) is 9.41. The number of amides is 1. The fourth-order valence-electron chi connectivity index (χ4n) is 7.66. The number of esters is 1. The van der Waals surface area contributed by atoms with Crippen LogP contribution in [0.5, 0.6) is 11.5 Å². The van der Waals surface area contributed by atoms with Gasteiger partial charge in [-0.25, -0.2) is 10.1 Å². The highest BCUT2D eigenvalue weighted by atomic mass is 16.6. The van der Waals surface area contributed by atoms with Crippen LogP contribution in [-0.4, -0.2) is 81.7 Å². The Labute approximate surface area is 253 Å². The number of aromatic nitrogens is 5. The first-order valence-corrected chi connectivity index (χ1v) is 15.0. The monoisotopic (exact) mass is 605 g/mol. The summed E-state index contributed by atoms with van der Waals surface area (Å²) in [5.74, 6) is 2.41. The van der Waals surface area contributed by atoms with Gasteiger partial charge in [0.1, 0.15) is 5.69 Å². The molecule has 8 rings (SSSR count). The molecule has 2 aromatic heterocycles. The topological polar surface area (TPSA) is 185 Å². The number of benzene rings is 1. The van der Waals surface area contributed by atoms with E-state index >= 15 is 0 Å². The predicted molar refractivity (Wildman–Crippen MR) is 154 cm³/mol. The van der Waals surface area contributed by atoms with Crippen LogP contribution in [0.25, 0.3) is 5.82 Å². The molecule has 5 fully saturated rings. The zero-order valence-corrected chi connectivity index (χ0v) is 24.4. The highest BCUT2D eigenvalue weighted by Crippen LogP contribution is 2.56. The van der Waals surface area contributed by atoms with Gasteiger partial charge in [0.2, 0.25) is 11.6 Å². The van der Waals surface area contributed by atoms with Crippen LogP contribution in [0.2, 0.25) is 0 Å². The average molecular weight is 606 g/mol. The Morgan fingerprint density at radius 2 is 1.84 bits per heavy atom. The van der Waals surface area contributed by atoms with Crippen molar-refractivity contribution >= 4 is 23.9 Å². The summed E-state index contributed by atoms with van der Waals surface area (Å²) in [6, 6.07) is 5.14. The van der Waals surface area contributed by atoms with Gasteiger partial charge < -0.3 is 19.9 Å². The van der Waals surface area contributed by atoms with Crippen LogP contribution < -0.4 is 20.6 Å². The molecule has 3 N–H and O–H groups in total. The number of morpholine rings is 1. The number of nitrogen functional groups attached to an aromatic ring is 1. The Balaban J connectivity index is 1.04. The lowest BCUT2D eigenvalue weighted by molar-refractivity contribution is -0.152. The van der Waals surface area contributed by atoms with Gasteiger partial charge in [0.05, 0.1) is 32.5 Å². The fraction of sp³-hybridized carbons (Fsp3) is 0.552. The van der Waals surface area contributed by atoms with E-state index in [-0.39, 0.29) is 29.2 Å². The standard InChI is InChI=1S/C29H35N9O6/c1-41-23-13-16(2-3-22(23)43-29(40)24-19-9-17-8-18(11-19)12-20(24)10-17)14-31-33-28(39)25-21(15-37-4-6-42-7-5-37)32-36-38(25)27-26(30)34-44-35-27/h2-3,13-14,17-20,24H,4-12,15H2,1H3,(H2,30,34)(H,33,39). The minimum absolute atomic E-state index is 0.0385. The number of methoxy groups -OCH3 is 1. The number of nitrogens with two attached hydrogens (primary N) is 1. The lowest BCUT2D eigenvalue weighted by Crippen LogP contribution is -2.49. The Morgan fingerprint density at radius 3 is 2.52 bits per heavy atom. The molecule has 1 amide bonds. The summed E-state index contributed by atoms with van der Waals surface area (Å²) in [7, 11) is 1.52. The number of hydrazone groups is 1. The number of carbonyl (C=O) groups excluding carboxylic acids is 2. The largest absolute Gasteiger partial charge is 0.493 e. The molecule has 5 aliphatic rings. The summed E-state index contributed by atoms with van der Waals surface area (Å²) in [6.45, 7) is 2.92. The first-order valence-electron chi connectivity index (χ1n) is 15.0. The number of anilines is 1. The van der Waals surface area contributed by atoms with Crippen LogP contribution in [-0.2, 0) is 16.1 Å². The molecule has 44 heavy (non-hydrogen) atoms. The summed E-state index contributed by atoms with van der Waals surface area (Å²) in [5.41, 5.74) is 9.53. The summed E-state index contributed by atoms with van der Waals surface area (Å²) in [5, 5.41) is 19.8. The molecule has 232 valence electrons. The summed E-state index contributed by atoms with van der Waals surface area (Å²) in [4.78, 5) is 28.8. The fourth-order valence-corrected chi connectivity index (χ4v) is 7.66. The van der Waals surface area contributed by atoms with Crippen LogP contribution in [0, 0.1) is 29.6 Å². The molecule has 4 saturated carbocycles. The number of nitrogens with one attached hydrogen (secondary N) is 1. The van der Waals surface area contributed by atoms with E-state index in [4.69, 9.17) is 24.6 Å². The number of rotatable bonds is 9. The van der Waals surface area contributed by atoms with E-state index in [1.807, 2.05) is 0 Å². The minimum atomic E-state index is -0.579. The van der Waals surface area contributed by atoms with Gasteiger partial charge in [-0.15, -0.1) is 5.10 Å². The van der Waals surface area contributed by atoms with Crippen molar-refractivity contribution in [2.24, 2.45) is 34.7 Å². The lowest BCUT2D eigenvalue weighted by atomic mass is 9.52. The molecule has 0 radical (unpaired) electrons. The van der Waals surface area contributed by atoms with Gasteiger partial charge in [-0.3, -0.25) is 14.5 Å². The smallest absolute Gasteiger partial charge is 0.315 e. The molecule has 0 unspecified atom stereocenters. The highest BCUT2D eigenvalue weighted by Gasteiger charge is 2.51. The molecule has 15 heteroatoms. The molecule has 1 aromatic carbocycles. The van der Waals surface area contributed by atoms with Crippen molar-refractivity contribution in [3.05, 3.63) is 35.2 Å². The molecule has 15 nitrogen and oxygen atoms in total. The lowest BCUT2D eigenvalue weighted by Gasteiger charge is -2.53. The van der Waals surface area contributed by atoms with E-state index < -0.39 is 5.91 Å². The Kier molecular flexibility index (Phi) is 7.72. The highest BCUT2D eigenvalue weighted by molar-refractivity contribution is 5.95. The summed E-state index contributed by atoms with van der Waals surface area (Å²) >= 11 is 0. The molecular formula is C29H35N9O6. The van der Waals surface area contributed by atoms with Gasteiger partial charge >= 0.3 is 5.97 Å². The maximum atomic E-state index is 13.4. The Morgan fingerprint density at radius 1 is 1.09 bits per heavy atom. The Hall–Kier alpha value is -4.37. The maximum Gasteiger partial charge on any atom is 0.315 e. The first-order chi connectivity index (χ1) is 21.5. The normalized spacial score (nSPS) is 26.2. The van der Waals surface area contributed by atoms with E-state index in [0.717, 1.165) is 37.5 Å². The molecule has 1 saturated heterocycles. The Bertz CT molecular complexity index is 1530. The number of hydrogen-bond donors (Lipinski definition) is 2. The zero-order chi connectivity index (χ0) is 30.2. The second-order valence-electron chi connectivity index (χ2n) is 12.1. The zero-order valence-electron chi connectivity index (χ0n) is 24.4. The molecule has 4 bridgehead atoms. The van der Waals surface area contributed by atoms with Gasteiger partial charge in [0.15, 0.2) is 17.2 Å². The summed E-state index contributed by atoms with van der Waals surface area (Å²) in [6.07, 6.45) is 7.35. The van der Waals surface area contributed by atoms with Crippen molar-refractivity contribution in [3.8, 4) is 17.3 Å². The van der Waals surface area contributed by atoms with Crippen LogP contribution in [0.4, 0.5) is 5.82 Å². The van der Waals surface area contributed by atoms with E-state index in [0.29, 0.717) is 67.4 Å². The second-order valence-corrected chi connectivity index (χ2v) is 12.1. The van der Waals surface area contributed by atoms with Gasteiger partial charge in [0, 0.05) is 19.6 Å². The van der Waals surface area contributed by atoms with E-state index in [1.54, 1.807) is 18.2 Å². The third kappa shape index (κ3) is 5.52. The van der Waals surface area contributed by atoms with Crippen LogP contribution >= 0.6 is 0 Å². The molecular weight excluding hydrogens is 570 g/mol. The molecule has 4 aliphatic carbocycles. The van der Waals surface area contributed by atoms with Crippen molar-refractivity contribution in [1.82, 2.24) is 35.6 Å². The van der Waals surface area contributed by atoms with Crippen molar-refractivity contribution < 1.29 is 28.4 Å². The number of ether oxygens (including phenoxy) is 3. The molecule has 3 aromatic rings. The van der Waals surface area contributed by atoms with Crippen molar-refractivity contribution in [2.75, 3.05) is 39.1 Å². The summed E-state index contributed by atoms with van der Waals surface area (Å²) < 4.78 is 22.8. The van der Waals surface area contributed by atoms with Gasteiger partial charge in [-0.1, -0.05) is 5.21 Å². The van der Waals surface area contributed by atoms with Gasteiger partial charge in [-0.2, -0.15) is 9.78 Å². The number of carbonyl (C=O) groups is 2. The first kappa shape index (κ1) is 28.4. The molecule has 0 spiro atoms. The van der Waals surface area contributed by atoms with Crippen molar-refractivity contribution in [3.63, 3.8) is 0 Å². The quantitative estimate of drug-likeness (QED) is 0.156. The van der Waals surface area contributed by atoms with E-state index in [2.05, 4.69) is 36.1 Å². The predicted octanol–water partition coefficient (Wildman–Crippen LogP) is 1.81. The van der Waals surface area contributed by atoms with Crippen LogP contribution in [0.1, 0.15) is 53.8 Å². The number of hydrogen-bond acceptors (Lipinski definition) is 13. The maximum absolute atomic E-state index is 13.4. The average Bonchev–Trinajstić information content (AvgIpc) is 3.63. The van der Waals surface area contributed by atoms with Gasteiger partial charge in [-0.05, 0) is 89.9 Å².